The standard InChI is InChI=1S/C21H25N5O4S/c1-14-13-31-21(22-14)23-19(27)15-6-10-25(11-7-15)20(28)16-4-5-17(18(12-16)26(29)30)24-8-2-3-9-24/h4-5,12-13,15H,2-3,6-11H2,1H3,(H,22,23,27). The fourth-order valence-corrected chi connectivity index (χ4v) is 4.87. The van der Waals surface area contributed by atoms with Crippen LogP contribution in [0.25, 0.3) is 0 Å². The molecule has 0 atom stereocenters. The molecule has 0 unspecified atom stereocenters. The van der Waals surface area contributed by atoms with E-state index < -0.39 is 4.92 Å². The number of nitro benzene ring substituents is 1. The first-order valence-corrected chi connectivity index (χ1v) is 11.4. The Balaban J connectivity index is 1.39. The van der Waals surface area contributed by atoms with E-state index in [0.717, 1.165) is 31.6 Å². The van der Waals surface area contributed by atoms with E-state index >= 15 is 0 Å². The molecule has 2 aromatic rings. The molecule has 2 saturated heterocycles. The lowest BCUT2D eigenvalue weighted by Crippen LogP contribution is -2.41. The van der Waals surface area contributed by atoms with Gasteiger partial charge in [-0.25, -0.2) is 4.98 Å². The maximum atomic E-state index is 13.0. The van der Waals surface area contributed by atoms with Crippen molar-refractivity contribution in [2.75, 3.05) is 36.4 Å². The molecule has 2 amide bonds. The first-order valence-electron chi connectivity index (χ1n) is 10.5. The number of anilines is 2. The number of rotatable bonds is 5. The Morgan fingerprint density at radius 2 is 1.90 bits per heavy atom. The SMILES string of the molecule is Cc1csc(NC(=O)C2CCN(C(=O)c3ccc(N4CCCC4)c([N+](=O)[O-])c3)CC2)n1. The molecule has 1 aromatic carbocycles. The van der Waals surface area contributed by atoms with Gasteiger partial charge >= 0.3 is 0 Å². The third-order valence-electron chi connectivity index (χ3n) is 5.87. The van der Waals surface area contributed by atoms with Gasteiger partial charge in [-0.05, 0) is 44.7 Å². The Kier molecular flexibility index (Phi) is 6.17. The normalized spacial score (nSPS) is 17.1. The molecule has 3 heterocycles. The molecule has 31 heavy (non-hydrogen) atoms. The van der Waals surface area contributed by atoms with Crippen molar-refractivity contribution in [3.63, 3.8) is 0 Å². The maximum absolute atomic E-state index is 13.0. The monoisotopic (exact) mass is 443 g/mol. The molecule has 2 aliphatic heterocycles. The van der Waals surface area contributed by atoms with Crippen LogP contribution in [0.5, 0.6) is 0 Å². The zero-order chi connectivity index (χ0) is 22.0. The largest absolute Gasteiger partial charge is 0.366 e. The second-order valence-corrected chi connectivity index (χ2v) is 8.86. The quantitative estimate of drug-likeness (QED) is 0.560. The van der Waals surface area contributed by atoms with Crippen molar-refractivity contribution in [2.24, 2.45) is 5.92 Å². The molecule has 0 aliphatic carbocycles. The van der Waals surface area contributed by atoms with Gasteiger partial charge in [-0.2, -0.15) is 0 Å². The lowest BCUT2D eigenvalue weighted by atomic mass is 9.95. The van der Waals surface area contributed by atoms with Crippen LogP contribution in [0.2, 0.25) is 0 Å². The Morgan fingerprint density at radius 1 is 1.19 bits per heavy atom. The summed E-state index contributed by atoms with van der Waals surface area (Å²) in [6, 6.07) is 4.75. The van der Waals surface area contributed by atoms with Gasteiger partial charge in [-0.15, -0.1) is 11.3 Å². The fraction of sp³-hybridized carbons (Fsp3) is 0.476. The van der Waals surface area contributed by atoms with Crippen molar-refractivity contribution in [1.29, 1.82) is 0 Å². The number of likely N-dealkylation sites (tertiary alicyclic amines) is 1. The summed E-state index contributed by atoms with van der Waals surface area (Å²) in [7, 11) is 0. The zero-order valence-electron chi connectivity index (χ0n) is 17.4. The number of aryl methyl sites for hydroxylation is 1. The van der Waals surface area contributed by atoms with Crippen LogP contribution in [-0.2, 0) is 4.79 Å². The van der Waals surface area contributed by atoms with E-state index in [-0.39, 0.29) is 23.4 Å². The molecule has 2 fully saturated rings. The molecule has 0 radical (unpaired) electrons. The van der Waals surface area contributed by atoms with Crippen LogP contribution >= 0.6 is 11.3 Å². The highest BCUT2D eigenvalue weighted by Crippen LogP contribution is 2.32. The molecule has 9 nitrogen and oxygen atoms in total. The van der Waals surface area contributed by atoms with E-state index in [9.17, 15) is 19.7 Å². The van der Waals surface area contributed by atoms with Crippen molar-refractivity contribution in [2.45, 2.75) is 32.6 Å². The second-order valence-electron chi connectivity index (χ2n) is 8.00. The lowest BCUT2D eigenvalue weighted by Gasteiger charge is -2.31. The van der Waals surface area contributed by atoms with Crippen LogP contribution in [0.1, 0.15) is 41.7 Å². The first-order chi connectivity index (χ1) is 14.9. The van der Waals surface area contributed by atoms with Gasteiger partial charge in [0.1, 0.15) is 5.69 Å². The van der Waals surface area contributed by atoms with Gasteiger partial charge in [0.25, 0.3) is 11.6 Å². The molecule has 1 aromatic heterocycles. The minimum Gasteiger partial charge on any atom is -0.366 e. The highest BCUT2D eigenvalue weighted by molar-refractivity contribution is 7.13. The van der Waals surface area contributed by atoms with Crippen LogP contribution in [0, 0.1) is 23.0 Å². The van der Waals surface area contributed by atoms with E-state index in [4.69, 9.17) is 0 Å². The van der Waals surface area contributed by atoms with Crippen molar-refractivity contribution in [1.82, 2.24) is 9.88 Å². The number of hydrogen-bond acceptors (Lipinski definition) is 7. The molecule has 2 aliphatic rings. The predicted molar refractivity (Wildman–Crippen MR) is 119 cm³/mol. The van der Waals surface area contributed by atoms with E-state index in [1.807, 2.05) is 17.2 Å². The Labute approximate surface area is 184 Å². The number of carbonyl (C=O) groups excluding carboxylic acids is 2. The number of hydrogen-bond donors (Lipinski definition) is 1. The van der Waals surface area contributed by atoms with Gasteiger partial charge in [0.05, 0.1) is 10.6 Å². The topological polar surface area (TPSA) is 109 Å². The Bertz CT molecular complexity index is 993. The first kappa shape index (κ1) is 21.2. The number of amides is 2. The van der Waals surface area contributed by atoms with Gasteiger partial charge < -0.3 is 15.1 Å². The van der Waals surface area contributed by atoms with Crippen LogP contribution in [-0.4, -0.2) is 52.8 Å². The minimum absolute atomic E-state index is 0.0271. The molecule has 0 saturated carbocycles. The molecule has 4 rings (SSSR count). The average Bonchev–Trinajstić information content (AvgIpc) is 3.45. The Hall–Kier alpha value is -3.01. The average molecular weight is 444 g/mol. The predicted octanol–water partition coefficient (Wildman–Crippen LogP) is 3.45. The number of nitrogens with zero attached hydrogens (tertiary/aromatic N) is 4. The van der Waals surface area contributed by atoms with Crippen molar-refractivity contribution < 1.29 is 14.5 Å². The number of benzene rings is 1. The van der Waals surface area contributed by atoms with Gasteiger partial charge in [0.2, 0.25) is 5.91 Å². The zero-order valence-corrected chi connectivity index (χ0v) is 18.2. The number of aromatic nitrogens is 1. The smallest absolute Gasteiger partial charge is 0.293 e. The number of nitrogens with one attached hydrogen (secondary N) is 1. The maximum Gasteiger partial charge on any atom is 0.293 e. The van der Waals surface area contributed by atoms with E-state index in [1.165, 1.54) is 17.4 Å². The van der Waals surface area contributed by atoms with E-state index in [0.29, 0.717) is 42.3 Å². The van der Waals surface area contributed by atoms with E-state index in [1.54, 1.807) is 17.0 Å². The summed E-state index contributed by atoms with van der Waals surface area (Å²) in [6.07, 6.45) is 3.14. The number of thiazole rings is 1. The molecular formula is C21H25N5O4S. The summed E-state index contributed by atoms with van der Waals surface area (Å²) < 4.78 is 0. The minimum atomic E-state index is -0.415. The van der Waals surface area contributed by atoms with Crippen molar-refractivity contribution >= 4 is 39.7 Å². The number of nitro groups is 1. The summed E-state index contributed by atoms with van der Waals surface area (Å²) in [5, 5.41) is 16.9. The lowest BCUT2D eigenvalue weighted by molar-refractivity contribution is -0.384. The molecule has 164 valence electrons. The van der Waals surface area contributed by atoms with Crippen LogP contribution in [0.15, 0.2) is 23.6 Å². The van der Waals surface area contributed by atoms with Crippen LogP contribution in [0.3, 0.4) is 0 Å². The third-order valence-corrected chi connectivity index (χ3v) is 6.74. The summed E-state index contributed by atoms with van der Waals surface area (Å²) in [5.41, 5.74) is 1.73. The van der Waals surface area contributed by atoms with E-state index in [2.05, 4.69) is 10.3 Å². The molecule has 10 heteroatoms. The van der Waals surface area contributed by atoms with Crippen molar-refractivity contribution in [3.05, 3.63) is 45.0 Å². The summed E-state index contributed by atoms with van der Waals surface area (Å²) in [4.78, 5) is 44.5. The second kappa shape index (κ2) is 9.01. The van der Waals surface area contributed by atoms with Crippen LogP contribution < -0.4 is 10.2 Å². The van der Waals surface area contributed by atoms with Crippen LogP contribution in [0.4, 0.5) is 16.5 Å². The number of carbonyl (C=O) groups is 2. The van der Waals surface area contributed by atoms with Crippen molar-refractivity contribution in [3.8, 4) is 0 Å². The molecule has 1 N–H and O–H groups in total. The molecule has 0 spiro atoms. The highest BCUT2D eigenvalue weighted by Gasteiger charge is 2.30. The molecular weight excluding hydrogens is 418 g/mol. The summed E-state index contributed by atoms with van der Waals surface area (Å²) in [6.45, 7) is 4.35. The van der Waals surface area contributed by atoms with Gasteiger partial charge in [0, 0.05) is 49.1 Å². The number of piperidine rings is 1. The summed E-state index contributed by atoms with van der Waals surface area (Å²) in [5.74, 6) is -0.488. The Morgan fingerprint density at radius 3 is 2.52 bits per heavy atom. The van der Waals surface area contributed by atoms with Gasteiger partial charge in [-0.3, -0.25) is 19.7 Å². The van der Waals surface area contributed by atoms with Gasteiger partial charge in [-0.1, -0.05) is 0 Å². The molecule has 0 bridgehead atoms. The summed E-state index contributed by atoms with van der Waals surface area (Å²) >= 11 is 1.39. The third kappa shape index (κ3) is 4.68. The highest BCUT2D eigenvalue weighted by atomic mass is 32.1. The fourth-order valence-electron chi connectivity index (χ4n) is 4.17. The van der Waals surface area contributed by atoms with Gasteiger partial charge in [0.15, 0.2) is 5.13 Å².